The minimum Gasteiger partial charge on any atom is -0.497 e. The summed E-state index contributed by atoms with van der Waals surface area (Å²) < 4.78 is 18.4. The number of nitrogens with one attached hydrogen (secondary N) is 1. The number of fused-ring (bicyclic) bond motifs is 5. The quantitative estimate of drug-likeness (QED) is 0.199. The van der Waals surface area contributed by atoms with E-state index in [0.717, 1.165) is 53.6 Å². The van der Waals surface area contributed by atoms with Gasteiger partial charge in [0.2, 0.25) is 0 Å². The van der Waals surface area contributed by atoms with Gasteiger partial charge in [-0.3, -0.25) is 9.52 Å². The van der Waals surface area contributed by atoms with Crippen LogP contribution in [0.4, 0.5) is 0 Å². The predicted molar refractivity (Wildman–Crippen MR) is 182 cm³/mol. The number of rotatable bonds is 9. The first-order chi connectivity index (χ1) is 22.4. The van der Waals surface area contributed by atoms with Crippen molar-refractivity contribution in [3.05, 3.63) is 58.7 Å². The van der Waals surface area contributed by atoms with Crippen molar-refractivity contribution in [3.63, 3.8) is 0 Å². The molecule has 1 N–H and O–H groups in total. The number of oxime groups is 1. The summed E-state index contributed by atoms with van der Waals surface area (Å²) in [5.41, 5.74) is 7.70. The molecule has 7 rings (SSSR count). The van der Waals surface area contributed by atoms with Crippen LogP contribution in [0.1, 0.15) is 79.3 Å². The number of methoxy groups -OCH3 is 1. The standard InChI is InChI=1S/C36H42N4O5S/c1-5-44-36(42)32-31(34(45-37-32)22-11-12-22)25-17-24-18-26(43-4)14-16-27(24)33-30(21-9-7-6-8-10-21)28-15-13-23(19-29(28)40(33)20-25)35(41)38-46-39(2)3/h13-19,21-22,31,34H,5-12,20H2,1-4H3,(H,38,41). The SMILES string of the molecule is CCOC(=O)C1=NOC(C2CC2)C1C1=Cc2cc(OC)ccc2-c2c(C3CCCCC3)c3ccc(C(=O)NSN(C)C)cc3n2C1. The van der Waals surface area contributed by atoms with Crippen LogP contribution in [-0.2, 0) is 20.9 Å². The number of esters is 1. The Hall–Kier alpha value is -3.76. The molecular formula is C36H42N4O5S. The number of carbonyl (C=O) groups is 2. The first-order valence-electron chi connectivity index (χ1n) is 16.5. The maximum Gasteiger partial charge on any atom is 0.356 e. The highest BCUT2D eigenvalue weighted by Gasteiger charge is 2.49. The summed E-state index contributed by atoms with van der Waals surface area (Å²) in [5, 5.41) is 5.53. The maximum absolute atomic E-state index is 13.3. The Morgan fingerprint density at radius 2 is 1.89 bits per heavy atom. The molecule has 10 heteroatoms. The molecule has 2 unspecified atom stereocenters. The fourth-order valence-corrected chi connectivity index (χ4v) is 7.90. The highest BCUT2D eigenvalue weighted by Crippen LogP contribution is 2.49. The molecular weight excluding hydrogens is 600 g/mol. The zero-order valence-electron chi connectivity index (χ0n) is 27.0. The Labute approximate surface area is 274 Å². The van der Waals surface area contributed by atoms with E-state index in [2.05, 4.69) is 38.7 Å². The van der Waals surface area contributed by atoms with Gasteiger partial charge >= 0.3 is 5.97 Å². The van der Waals surface area contributed by atoms with Gasteiger partial charge in [-0.25, -0.2) is 9.10 Å². The molecule has 0 bridgehead atoms. The van der Waals surface area contributed by atoms with Crippen LogP contribution in [0.5, 0.6) is 5.75 Å². The monoisotopic (exact) mass is 642 g/mol. The molecule has 1 amide bonds. The number of hydrogen-bond acceptors (Lipinski definition) is 8. The Kier molecular flexibility index (Phi) is 8.59. The van der Waals surface area contributed by atoms with Crippen LogP contribution in [0.3, 0.4) is 0 Å². The zero-order valence-corrected chi connectivity index (χ0v) is 27.8. The molecule has 3 aromatic rings. The normalized spacial score (nSPS) is 21.2. The molecule has 2 saturated carbocycles. The minimum atomic E-state index is -0.426. The number of ether oxygens (including phenoxy) is 2. The van der Waals surface area contributed by atoms with Gasteiger partial charge in [-0.2, -0.15) is 0 Å². The lowest BCUT2D eigenvalue weighted by atomic mass is 9.81. The summed E-state index contributed by atoms with van der Waals surface area (Å²) in [6, 6.07) is 12.4. The zero-order chi connectivity index (χ0) is 31.9. The van der Waals surface area contributed by atoms with Gasteiger partial charge in [-0.15, -0.1) is 0 Å². The topological polar surface area (TPSA) is 94.4 Å². The molecule has 0 saturated heterocycles. The Morgan fingerprint density at radius 3 is 2.61 bits per heavy atom. The van der Waals surface area contributed by atoms with Gasteiger partial charge in [-0.1, -0.05) is 36.6 Å². The van der Waals surface area contributed by atoms with Gasteiger partial charge < -0.3 is 18.9 Å². The van der Waals surface area contributed by atoms with E-state index in [1.807, 2.05) is 43.5 Å². The second kappa shape index (κ2) is 12.8. The molecule has 2 atom stereocenters. The molecule has 2 aliphatic carbocycles. The highest BCUT2D eigenvalue weighted by molar-refractivity contribution is 7.95. The number of benzene rings is 2. The second-order valence-electron chi connectivity index (χ2n) is 13.0. The second-order valence-corrected chi connectivity index (χ2v) is 14.1. The van der Waals surface area contributed by atoms with Gasteiger partial charge in [0.25, 0.3) is 5.91 Å². The summed E-state index contributed by atoms with van der Waals surface area (Å²) in [7, 11) is 5.48. The Bertz CT molecular complexity index is 1730. The molecule has 2 fully saturated rings. The fourth-order valence-electron chi connectivity index (χ4n) is 7.52. The summed E-state index contributed by atoms with van der Waals surface area (Å²) in [5.74, 6) is 0.631. The first kappa shape index (κ1) is 30.9. The minimum absolute atomic E-state index is 0.139. The molecule has 1 aromatic heterocycles. The number of nitrogens with zero attached hydrogens (tertiary/aromatic N) is 3. The van der Waals surface area contributed by atoms with Crippen molar-refractivity contribution < 1.29 is 23.9 Å². The van der Waals surface area contributed by atoms with Crippen LogP contribution in [0, 0.1) is 11.8 Å². The van der Waals surface area contributed by atoms with Crippen molar-refractivity contribution in [2.24, 2.45) is 17.0 Å². The molecule has 9 nitrogen and oxygen atoms in total. The average molecular weight is 643 g/mol. The van der Waals surface area contributed by atoms with Crippen LogP contribution >= 0.6 is 12.1 Å². The third-order valence-electron chi connectivity index (χ3n) is 9.76. The fraction of sp³-hybridized carbons (Fsp3) is 0.472. The molecule has 2 aromatic carbocycles. The average Bonchev–Trinajstić information content (AvgIpc) is 3.77. The molecule has 242 valence electrons. The van der Waals surface area contributed by atoms with E-state index in [4.69, 9.17) is 14.3 Å². The third kappa shape index (κ3) is 5.70. The maximum atomic E-state index is 13.3. The number of carbonyl (C=O) groups excluding carboxylic acids is 2. The van der Waals surface area contributed by atoms with Crippen LogP contribution < -0.4 is 9.46 Å². The van der Waals surface area contributed by atoms with Gasteiger partial charge in [0.05, 0.1) is 25.3 Å². The van der Waals surface area contributed by atoms with E-state index in [0.29, 0.717) is 29.7 Å². The summed E-state index contributed by atoms with van der Waals surface area (Å²) in [6.07, 6.45) is 10.1. The van der Waals surface area contributed by atoms with E-state index in [9.17, 15) is 9.59 Å². The van der Waals surface area contributed by atoms with Crippen molar-refractivity contribution in [1.29, 1.82) is 0 Å². The van der Waals surface area contributed by atoms with E-state index in [1.54, 1.807) is 7.11 Å². The van der Waals surface area contributed by atoms with Gasteiger partial charge in [0.1, 0.15) is 11.9 Å². The number of aromatic nitrogens is 1. The van der Waals surface area contributed by atoms with E-state index >= 15 is 0 Å². The Balaban J connectivity index is 1.44. The summed E-state index contributed by atoms with van der Waals surface area (Å²) in [4.78, 5) is 32.6. The third-order valence-corrected chi connectivity index (χ3v) is 10.4. The van der Waals surface area contributed by atoms with E-state index < -0.39 is 5.97 Å². The van der Waals surface area contributed by atoms with Gasteiger partial charge in [0, 0.05) is 40.7 Å². The molecule has 0 spiro atoms. The largest absolute Gasteiger partial charge is 0.497 e. The molecule has 4 aliphatic rings. The van der Waals surface area contributed by atoms with E-state index in [1.165, 1.54) is 48.0 Å². The lowest BCUT2D eigenvalue weighted by Crippen LogP contribution is -2.33. The summed E-state index contributed by atoms with van der Waals surface area (Å²) >= 11 is 1.26. The smallest absolute Gasteiger partial charge is 0.356 e. The molecule has 3 heterocycles. The number of hydrogen-bond donors (Lipinski definition) is 1. The van der Waals surface area contributed by atoms with Crippen LogP contribution in [0.25, 0.3) is 28.2 Å². The first-order valence-corrected chi connectivity index (χ1v) is 17.3. The predicted octanol–water partition coefficient (Wildman–Crippen LogP) is 6.96. The Morgan fingerprint density at radius 1 is 1.09 bits per heavy atom. The van der Waals surface area contributed by atoms with Crippen molar-refractivity contribution in [2.45, 2.75) is 70.4 Å². The van der Waals surface area contributed by atoms with Crippen LogP contribution in [-0.4, -0.2) is 60.4 Å². The molecule has 2 aliphatic heterocycles. The summed E-state index contributed by atoms with van der Waals surface area (Å²) in [6.45, 7) is 2.61. The van der Waals surface area contributed by atoms with Gasteiger partial charge in [-0.05, 0) is 106 Å². The lowest BCUT2D eigenvalue weighted by molar-refractivity contribution is -0.135. The molecule has 46 heavy (non-hydrogen) atoms. The van der Waals surface area contributed by atoms with Crippen molar-refractivity contribution in [2.75, 3.05) is 27.8 Å². The highest BCUT2D eigenvalue weighted by atomic mass is 32.2. The van der Waals surface area contributed by atoms with Crippen LogP contribution in [0.2, 0.25) is 0 Å². The van der Waals surface area contributed by atoms with E-state index in [-0.39, 0.29) is 24.5 Å². The van der Waals surface area contributed by atoms with Crippen molar-refractivity contribution in [3.8, 4) is 17.0 Å². The van der Waals surface area contributed by atoms with Crippen molar-refractivity contribution in [1.82, 2.24) is 13.6 Å². The molecule has 0 radical (unpaired) electrons. The van der Waals surface area contributed by atoms with Gasteiger partial charge in [0.15, 0.2) is 5.71 Å². The number of amides is 1. The lowest BCUT2D eigenvalue weighted by Gasteiger charge is -2.24. The van der Waals surface area contributed by atoms with Crippen molar-refractivity contribution >= 4 is 46.7 Å². The van der Waals surface area contributed by atoms with Crippen LogP contribution in [0.15, 0.2) is 47.1 Å².